The average molecular weight is 287 g/mol. The van der Waals surface area contributed by atoms with Crippen LogP contribution in [0.1, 0.15) is 23.6 Å². The Hall–Kier alpha value is -1.94. The second-order valence-corrected chi connectivity index (χ2v) is 5.32. The van der Waals surface area contributed by atoms with Crippen molar-refractivity contribution in [2.24, 2.45) is 0 Å². The predicted molar refractivity (Wildman–Crippen MR) is 85.6 cm³/mol. The van der Waals surface area contributed by atoms with Gasteiger partial charge in [-0.05, 0) is 49.7 Å². The lowest BCUT2D eigenvalue weighted by atomic mass is 10.1. The molecule has 0 unspecified atom stereocenters. The lowest BCUT2D eigenvalue weighted by Gasteiger charge is -2.22. The maximum atomic E-state index is 13.5. The van der Waals surface area contributed by atoms with Crippen LogP contribution in [-0.4, -0.2) is 18.6 Å². The maximum absolute atomic E-state index is 13.5. The Labute approximate surface area is 125 Å². The highest BCUT2D eigenvalue weighted by Gasteiger charge is 2.12. The maximum Gasteiger partial charge on any atom is 0.141 e. The number of aromatic nitrogens is 1. The molecular formula is C17H22FN3. The highest BCUT2D eigenvalue weighted by molar-refractivity contribution is 5.63. The Morgan fingerprint density at radius 1 is 1.14 bits per heavy atom. The Kier molecular flexibility index (Phi) is 4.91. The molecule has 0 bridgehead atoms. The summed E-state index contributed by atoms with van der Waals surface area (Å²) < 4.78 is 13.5. The Morgan fingerprint density at radius 2 is 1.81 bits per heavy atom. The fourth-order valence-electron chi connectivity index (χ4n) is 2.43. The van der Waals surface area contributed by atoms with Gasteiger partial charge in [0.25, 0.3) is 0 Å². The third kappa shape index (κ3) is 3.79. The molecule has 0 spiro atoms. The molecule has 0 amide bonds. The van der Waals surface area contributed by atoms with E-state index in [1.165, 1.54) is 17.3 Å². The fourth-order valence-corrected chi connectivity index (χ4v) is 2.43. The molecule has 4 heteroatoms. The first-order chi connectivity index (χ1) is 10.0. The fraction of sp³-hybridized carbons (Fsp3) is 0.353. The van der Waals surface area contributed by atoms with Crippen molar-refractivity contribution in [2.75, 3.05) is 18.5 Å². The summed E-state index contributed by atoms with van der Waals surface area (Å²) in [5.74, 6) is 0.475. The molecule has 0 atom stereocenters. The van der Waals surface area contributed by atoms with Gasteiger partial charge in [-0.2, -0.15) is 0 Å². The predicted octanol–water partition coefficient (Wildman–Crippen LogP) is 3.71. The van der Waals surface area contributed by atoms with Crippen LogP contribution in [0.5, 0.6) is 0 Å². The van der Waals surface area contributed by atoms with Crippen molar-refractivity contribution < 1.29 is 4.39 Å². The van der Waals surface area contributed by atoms with Crippen molar-refractivity contribution in [3.05, 3.63) is 53.0 Å². The van der Waals surface area contributed by atoms with E-state index in [9.17, 15) is 4.39 Å². The van der Waals surface area contributed by atoms with Crippen molar-refractivity contribution >= 4 is 11.5 Å². The summed E-state index contributed by atoms with van der Waals surface area (Å²) in [4.78, 5) is 6.28. The molecule has 0 saturated heterocycles. The summed E-state index contributed by atoms with van der Waals surface area (Å²) in [6.07, 6.45) is 1.27. The third-order valence-corrected chi connectivity index (χ3v) is 3.39. The first-order valence-electron chi connectivity index (χ1n) is 7.18. The number of halogens is 1. The minimum Gasteiger partial charge on any atom is -0.329 e. The average Bonchev–Trinajstić information content (AvgIpc) is 2.43. The highest BCUT2D eigenvalue weighted by atomic mass is 19.1. The number of hydrogen-bond donors (Lipinski definition) is 1. The van der Waals surface area contributed by atoms with Crippen molar-refractivity contribution in [3.63, 3.8) is 0 Å². The van der Waals surface area contributed by atoms with E-state index < -0.39 is 0 Å². The molecule has 0 aliphatic carbocycles. The first-order valence-corrected chi connectivity index (χ1v) is 7.18. The number of nitrogens with one attached hydrogen (secondary N) is 1. The van der Waals surface area contributed by atoms with Crippen LogP contribution in [0.4, 0.5) is 15.9 Å². The number of anilines is 2. The standard InChI is InChI=1S/C17H22FN3/c1-5-19-10-14-9-15(18)11-20-17(14)21(4)16-7-12(2)6-13(3)8-16/h6-9,11,19H,5,10H2,1-4H3. The zero-order chi connectivity index (χ0) is 15.4. The van der Waals surface area contributed by atoms with Crippen LogP contribution in [0.3, 0.4) is 0 Å². The van der Waals surface area contributed by atoms with Gasteiger partial charge >= 0.3 is 0 Å². The van der Waals surface area contributed by atoms with Crippen LogP contribution < -0.4 is 10.2 Å². The van der Waals surface area contributed by atoms with Gasteiger partial charge in [-0.25, -0.2) is 9.37 Å². The van der Waals surface area contributed by atoms with Gasteiger partial charge in [-0.3, -0.25) is 0 Å². The minimum atomic E-state index is -0.305. The SMILES string of the molecule is CCNCc1cc(F)cnc1N(C)c1cc(C)cc(C)c1. The van der Waals surface area contributed by atoms with Crippen LogP contribution in [0.25, 0.3) is 0 Å². The van der Waals surface area contributed by atoms with Crippen LogP contribution in [0.2, 0.25) is 0 Å². The molecule has 1 heterocycles. The molecule has 21 heavy (non-hydrogen) atoms. The van der Waals surface area contributed by atoms with E-state index in [0.717, 1.165) is 23.6 Å². The zero-order valence-electron chi connectivity index (χ0n) is 13.1. The lowest BCUT2D eigenvalue weighted by Crippen LogP contribution is -2.18. The Morgan fingerprint density at radius 3 is 2.43 bits per heavy atom. The van der Waals surface area contributed by atoms with Crippen LogP contribution in [0.15, 0.2) is 30.5 Å². The number of pyridine rings is 1. The zero-order valence-corrected chi connectivity index (χ0v) is 13.1. The molecule has 0 fully saturated rings. The second kappa shape index (κ2) is 6.68. The molecule has 3 nitrogen and oxygen atoms in total. The highest BCUT2D eigenvalue weighted by Crippen LogP contribution is 2.27. The smallest absolute Gasteiger partial charge is 0.141 e. The van der Waals surface area contributed by atoms with Crippen molar-refractivity contribution in [2.45, 2.75) is 27.3 Å². The number of rotatable bonds is 5. The van der Waals surface area contributed by atoms with Crippen molar-refractivity contribution in [1.29, 1.82) is 0 Å². The van der Waals surface area contributed by atoms with E-state index in [-0.39, 0.29) is 5.82 Å². The van der Waals surface area contributed by atoms with Crippen LogP contribution in [0, 0.1) is 19.7 Å². The quantitative estimate of drug-likeness (QED) is 0.908. The molecule has 0 aliphatic rings. The number of aryl methyl sites for hydroxylation is 2. The summed E-state index contributed by atoms with van der Waals surface area (Å²) >= 11 is 0. The lowest BCUT2D eigenvalue weighted by molar-refractivity contribution is 0.614. The summed E-state index contributed by atoms with van der Waals surface area (Å²) in [7, 11) is 1.96. The number of benzene rings is 1. The molecule has 1 aromatic heterocycles. The molecule has 0 aliphatic heterocycles. The summed E-state index contributed by atoms with van der Waals surface area (Å²) in [6, 6.07) is 7.89. The monoisotopic (exact) mass is 287 g/mol. The van der Waals surface area contributed by atoms with E-state index in [4.69, 9.17) is 0 Å². The van der Waals surface area contributed by atoms with E-state index in [0.29, 0.717) is 6.54 Å². The number of nitrogens with zero attached hydrogens (tertiary/aromatic N) is 2. The van der Waals surface area contributed by atoms with E-state index >= 15 is 0 Å². The number of hydrogen-bond acceptors (Lipinski definition) is 3. The summed E-state index contributed by atoms with van der Waals surface area (Å²) in [5, 5.41) is 3.23. The largest absolute Gasteiger partial charge is 0.329 e. The van der Waals surface area contributed by atoms with Gasteiger partial charge in [0.15, 0.2) is 0 Å². The first kappa shape index (κ1) is 15.4. The molecule has 1 N–H and O–H groups in total. The van der Waals surface area contributed by atoms with Gasteiger partial charge in [-0.15, -0.1) is 0 Å². The topological polar surface area (TPSA) is 28.2 Å². The van der Waals surface area contributed by atoms with Gasteiger partial charge in [0.2, 0.25) is 0 Å². The van der Waals surface area contributed by atoms with E-state index in [2.05, 4.69) is 42.3 Å². The van der Waals surface area contributed by atoms with Gasteiger partial charge < -0.3 is 10.2 Å². The van der Waals surface area contributed by atoms with Gasteiger partial charge in [-0.1, -0.05) is 13.0 Å². The van der Waals surface area contributed by atoms with Crippen molar-refractivity contribution in [1.82, 2.24) is 10.3 Å². The molecule has 2 aromatic rings. The Balaban J connectivity index is 2.39. The van der Waals surface area contributed by atoms with Crippen molar-refractivity contribution in [3.8, 4) is 0 Å². The van der Waals surface area contributed by atoms with Gasteiger partial charge in [0.05, 0.1) is 6.20 Å². The van der Waals surface area contributed by atoms with Gasteiger partial charge in [0.1, 0.15) is 11.6 Å². The molecule has 2 rings (SSSR count). The second-order valence-electron chi connectivity index (χ2n) is 5.32. The van der Waals surface area contributed by atoms with Crippen LogP contribution in [-0.2, 0) is 6.54 Å². The van der Waals surface area contributed by atoms with E-state index in [1.807, 2.05) is 18.9 Å². The molecule has 0 radical (unpaired) electrons. The molecule has 1 aromatic carbocycles. The Bertz CT molecular complexity index is 605. The molecule has 0 saturated carbocycles. The molecular weight excluding hydrogens is 265 g/mol. The van der Waals surface area contributed by atoms with Crippen LogP contribution >= 0.6 is 0 Å². The normalized spacial score (nSPS) is 10.7. The third-order valence-electron chi connectivity index (χ3n) is 3.39. The molecule has 112 valence electrons. The van der Waals surface area contributed by atoms with Gasteiger partial charge in [0, 0.05) is 24.8 Å². The minimum absolute atomic E-state index is 0.305. The summed E-state index contributed by atoms with van der Waals surface area (Å²) in [6.45, 7) is 7.61. The van der Waals surface area contributed by atoms with E-state index in [1.54, 1.807) is 6.07 Å². The summed E-state index contributed by atoms with van der Waals surface area (Å²) in [5.41, 5.74) is 4.32.